The molecule has 1 atom stereocenters. The average Bonchev–Trinajstić information content (AvgIpc) is 2.30. The Labute approximate surface area is 103 Å². The van der Waals surface area contributed by atoms with Gasteiger partial charge in [-0.2, -0.15) is 0 Å². The molecule has 0 rings (SSSR count). The topological polar surface area (TPSA) is 69.6 Å². The summed E-state index contributed by atoms with van der Waals surface area (Å²) in [7, 11) is 0. The number of carbonyl (C=O) groups is 2. The van der Waals surface area contributed by atoms with E-state index in [-0.39, 0.29) is 11.9 Å². The van der Waals surface area contributed by atoms with Crippen LogP contribution in [0.25, 0.3) is 0 Å². The first kappa shape index (κ1) is 15.7. The van der Waals surface area contributed by atoms with Crippen LogP contribution in [0.1, 0.15) is 40.0 Å². The smallest absolute Gasteiger partial charge is 0.317 e. The van der Waals surface area contributed by atoms with Crippen molar-refractivity contribution in [2.24, 2.45) is 5.92 Å². The maximum atomic E-state index is 11.6. The molecule has 1 unspecified atom stereocenters. The molecule has 0 aromatic heterocycles. The van der Waals surface area contributed by atoms with E-state index in [1.54, 1.807) is 11.8 Å². The first-order chi connectivity index (χ1) is 8.02. The molecule has 5 nitrogen and oxygen atoms in total. The minimum absolute atomic E-state index is 0.0580. The molecule has 0 saturated heterocycles. The van der Waals surface area contributed by atoms with Gasteiger partial charge in [0.2, 0.25) is 0 Å². The molecule has 0 aliphatic rings. The van der Waals surface area contributed by atoms with Gasteiger partial charge in [0.15, 0.2) is 0 Å². The maximum absolute atomic E-state index is 11.6. The summed E-state index contributed by atoms with van der Waals surface area (Å²) in [6.07, 6.45) is 2.23. The Morgan fingerprint density at radius 1 is 1.35 bits per heavy atom. The fourth-order valence-corrected chi connectivity index (χ4v) is 1.51. The molecule has 0 fully saturated rings. The molecule has 0 spiro atoms. The molecule has 0 aliphatic carbocycles. The van der Waals surface area contributed by atoms with Crippen LogP contribution in [0.15, 0.2) is 0 Å². The van der Waals surface area contributed by atoms with Crippen LogP contribution in [0.3, 0.4) is 0 Å². The lowest BCUT2D eigenvalue weighted by Crippen LogP contribution is -2.40. The zero-order chi connectivity index (χ0) is 13.3. The van der Waals surface area contributed by atoms with Crippen LogP contribution in [0.4, 0.5) is 4.79 Å². The molecule has 0 radical (unpaired) electrons. The lowest BCUT2D eigenvalue weighted by Gasteiger charge is -2.20. The van der Waals surface area contributed by atoms with Crippen molar-refractivity contribution >= 4 is 12.0 Å². The van der Waals surface area contributed by atoms with Gasteiger partial charge in [-0.15, -0.1) is 0 Å². The highest BCUT2D eigenvalue weighted by Gasteiger charge is 2.12. The van der Waals surface area contributed by atoms with Gasteiger partial charge in [0.25, 0.3) is 0 Å². The van der Waals surface area contributed by atoms with E-state index in [1.807, 2.05) is 13.8 Å². The first-order valence-corrected chi connectivity index (χ1v) is 6.28. The van der Waals surface area contributed by atoms with Crippen molar-refractivity contribution in [2.75, 3.05) is 19.6 Å². The molecular formula is C12H24N2O3. The Hall–Kier alpha value is -1.26. The van der Waals surface area contributed by atoms with E-state index in [0.29, 0.717) is 25.9 Å². The lowest BCUT2D eigenvalue weighted by atomic mass is 10.1. The number of hydrogen-bond acceptors (Lipinski definition) is 2. The summed E-state index contributed by atoms with van der Waals surface area (Å²) in [6.45, 7) is 7.65. The zero-order valence-electron chi connectivity index (χ0n) is 11.0. The normalized spacial score (nSPS) is 11.9. The first-order valence-electron chi connectivity index (χ1n) is 6.28. The third-order valence-corrected chi connectivity index (χ3v) is 2.67. The lowest BCUT2D eigenvalue weighted by molar-refractivity contribution is -0.141. The average molecular weight is 244 g/mol. The van der Waals surface area contributed by atoms with Gasteiger partial charge in [0.05, 0.1) is 5.92 Å². The Balaban J connectivity index is 3.73. The Bertz CT molecular complexity index is 244. The number of rotatable bonds is 8. The predicted octanol–water partition coefficient (Wildman–Crippen LogP) is 1.93. The second-order valence-electron chi connectivity index (χ2n) is 4.19. The second kappa shape index (κ2) is 8.84. The van der Waals surface area contributed by atoms with E-state index < -0.39 is 5.97 Å². The van der Waals surface area contributed by atoms with Crippen LogP contribution in [0, 0.1) is 5.92 Å². The number of nitrogens with zero attached hydrogens (tertiary/aromatic N) is 1. The molecule has 0 aliphatic heterocycles. The number of amides is 2. The van der Waals surface area contributed by atoms with E-state index in [0.717, 1.165) is 13.0 Å². The monoisotopic (exact) mass is 244 g/mol. The van der Waals surface area contributed by atoms with Gasteiger partial charge in [0, 0.05) is 19.6 Å². The highest BCUT2D eigenvalue weighted by Crippen LogP contribution is 2.04. The van der Waals surface area contributed by atoms with Crippen molar-refractivity contribution in [2.45, 2.75) is 40.0 Å². The summed E-state index contributed by atoms with van der Waals surface area (Å²) in [5.41, 5.74) is 0. The Kier molecular flexibility index (Phi) is 8.19. The van der Waals surface area contributed by atoms with Crippen LogP contribution in [0.5, 0.6) is 0 Å². The third kappa shape index (κ3) is 6.81. The third-order valence-electron chi connectivity index (χ3n) is 2.67. The standard InChI is InChI=1S/C12H24N2O3/c1-4-9-14(5-2)12(17)13-8-6-7-10(3)11(15)16/h10H,4-9H2,1-3H3,(H,13,17)(H,15,16). The maximum Gasteiger partial charge on any atom is 0.317 e. The van der Waals surface area contributed by atoms with Gasteiger partial charge in [-0.3, -0.25) is 4.79 Å². The van der Waals surface area contributed by atoms with E-state index in [1.165, 1.54) is 0 Å². The quantitative estimate of drug-likeness (QED) is 0.641. The highest BCUT2D eigenvalue weighted by molar-refractivity contribution is 5.74. The number of carbonyl (C=O) groups excluding carboxylic acids is 1. The molecule has 100 valence electrons. The molecule has 2 N–H and O–H groups in total. The van der Waals surface area contributed by atoms with Crippen LogP contribution in [-0.4, -0.2) is 41.6 Å². The summed E-state index contributed by atoms with van der Waals surface area (Å²) in [6, 6.07) is -0.0580. The number of urea groups is 1. The summed E-state index contributed by atoms with van der Waals surface area (Å²) < 4.78 is 0. The second-order valence-corrected chi connectivity index (χ2v) is 4.19. The number of carboxylic acid groups (broad SMARTS) is 1. The Morgan fingerprint density at radius 3 is 2.47 bits per heavy atom. The van der Waals surface area contributed by atoms with Gasteiger partial charge in [-0.05, 0) is 26.2 Å². The zero-order valence-corrected chi connectivity index (χ0v) is 11.0. The molecular weight excluding hydrogens is 220 g/mol. The van der Waals surface area contributed by atoms with Crippen molar-refractivity contribution in [3.05, 3.63) is 0 Å². The number of carboxylic acids is 1. The summed E-state index contributed by atoms with van der Waals surface area (Å²) in [5, 5.41) is 11.5. The van der Waals surface area contributed by atoms with Crippen LogP contribution in [-0.2, 0) is 4.79 Å². The Morgan fingerprint density at radius 2 is 2.00 bits per heavy atom. The molecule has 5 heteroatoms. The van der Waals surface area contributed by atoms with E-state index in [2.05, 4.69) is 5.32 Å². The number of aliphatic carboxylic acids is 1. The van der Waals surface area contributed by atoms with Gasteiger partial charge < -0.3 is 15.3 Å². The minimum atomic E-state index is -0.780. The fourth-order valence-electron chi connectivity index (χ4n) is 1.51. The number of hydrogen-bond donors (Lipinski definition) is 2. The van der Waals surface area contributed by atoms with Crippen molar-refractivity contribution in [1.82, 2.24) is 10.2 Å². The highest BCUT2D eigenvalue weighted by atomic mass is 16.4. The van der Waals surface area contributed by atoms with Gasteiger partial charge in [0.1, 0.15) is 0 Å². The number of nitrogens with one attached hydrogen (secondary N) is 1. The molecule has 0 bridgehead atoms. The minimum Gasteiger partial charge on any atom is -0.481 e. The molecule has 0 aromatic carbocycles. The predicted molar refractivity (Wildman–Crippen MR) is 67.0 cm³/mol. The van der Waals surface area contributed by atoms with Crippen molar-refractivity contribution < 1.29 is 14.7 Å². The molecule has 2 amide bonds. The largest absolute Gasteiger partial charge is 0.481 e. The summed E-state index contributed by atoms with van der Waals surface area (Å²) >= 11 is 0. The van der Waals surface area contributed by atoms with Gasteiger partial charge >= 0.3 is 12.0 Å². The summed E-state index contributed by atoms with van der Waals surface area (Å²) in [5.74, 6) is -1.12. The van der Waals surface area contributed by atoms with Crippen LogP contribution < -0.4 is 5.32 Å². The molecule has 0 heterocycles. The van der Waals surface area contributed by atoms with Crippen LogP contribution >= 0.6 is 0 Å². The van der Waals surface area contributed by atoms with E-state index in [9.17, 15) is 9.59 Å². The van der Waals surface area contributed by atoms with Gasteiger partial charge in [-0.25, -0.2) is 4.79 Å². The molecule has 0 aromatic rings. The van der Waals surface area contributed by atoms with Crippen LogP contribution in [0.2, 0.25) is 0 Å². The SMILES string of the molecule is CCCN(CC)C(=O)NCCCC(C)C(=O)O. The molecule has 17 heavy (non-hydrogen) atoms. The van der Waals surface area contributed by atoms with Crippen molar-refractivity contribution in [3.8, 4) is 0 Å². The summed E-state index contributed by atoms with van der Waals surface area (Å²) in [4.78, 5) is 24.0. The van der Waals surface area contributed by atoms with E-state index >= 15 is 0 Å². The fraction of sp³-hybridized carbons (Fsp3) is 0.833. The molecule has 0 saturated carbocycles. The van der Waals surface area contributed by atoms with E-state index in [4.69, 9.17) is 5.11 Å². The van der Waals surface area contributed by atoms with Gasteiger partial charge in [-0.1, -0.05) is 13.8 Å². The van der Waals surface area contributed by atoms with Crippen molar-refractivity contribution in [1.29, 1.82) is 0 Å². The van der Waals surface area contributed by atoms with Crippen molar-refractivity contribution in [3.63, 3.8) is 0 Å².